The van der Waals surface area contributed by atoms with Gasteiger partial charge in [0.05, 0.1) is 5.92 Å². The normalized spacial score (nSPS) is 21.7. The number of hydrogen-bond acceptors (Lipinski definition) is 3. The lowest BCUT2D eigenvalue weighted by Crippen LogP contribution is -2.27. The van der Waals surface area contributed by atoms with Crippen molar-refractivity contribution >= 4 is 5.78 Å². The molecule has 0 aliphatic heterocycles. The maximum atomic E-state index is 12.2. The Morgan fingerprint density at radius 2 is 1.95 bits per heavy atom. The van der Waals surface area contributed by atoms with Crippen molar-refractivity contribution in [3.63, 3.8) is 0 Å². The zero-order chi connectivity index (χ0) is 13.7. The van der Waals surface area contributed by atoms with Crippen LogP contribution in [0.25, 0.3) is 0 Å². The number of benzene rings is 1. The van der Waals surface area contributed by atoms with Gasteiger partial charge in [-0.05, 0) is 18.4 Å². The first-order valence-corrected chi connectivity index (χ1v) is 6.88. The molecule has 0 radical (unpaired) electrons. The van der Waals surface area contributed by atoms with Gasteiger partial charge in [-0.3, -0.25) is 14.9 Å². The molecule has 0 unspecified atom stereocenters. The first-order chi connectivity index (χ1) is 9.18. The number of carbonyl (C=O) groups excluding carboxylic acids is 1. The van der Waals surface area contributed by atoms with Crippen LogP contribution in [0.3, 0.4) is 0 Å². The van der Waals surface area contributed by atoms with Crippen LogP contribution < -0.4 is 0 Å². The lowest BCUT2D eigenvalue weighted by molar-refractivity contribution is -0.484. The van der Waals surface area contributed by atoms with E-state index < -0.39 is 0 Å². The first-order valence-electron chi connectivity index (χ1n) is 6.88. The maximum Gasteiger partial charge on any atom is 0.211 e. The highest BCUT2D eigenvalue weighted by Gasteiger charge is 2.33. The molecule has 1 saturated carbocycles. The van der Waals surface area contributed by atoms with E-state index in [0.717, 1.165) is 31.2 Å². The number of hydrogen-bond donors (Lipinski definition) is 0. The van der Waals surface area contributed by atoms with Gasteiger partial charge in [0.25, 0.3) is 0 Å². The molecule has 4 heteroatoms. The van der Waals surface area contributed by atoms with Gasteiger partial charge in [0, 0.05) is 17.3 Å². The molecular formula is C15H19NO3. The van der Waals surface area contributed by atoms with Crippen molar-refractivity contribution in [3.8, 4) is 0 Å². The van der Waals surface area contributed by atoms with Gasteiger partial charge in [-0.15, -0.1) is 0 Å². The summed E-state index contributed by atoms with van der Waals surface area (Å²) >= 11 is 0. The average Bonchev–Trinajstić information content (AvgIpc) is 2.62. The molecule has 0 heterocycles. The van der Waals surface area contributed by atoms with Crippen molar-refractivity contribution in [1.82, 2.24) is 0 Å². The Morgan fingerprint density at radius 3 is 2.63 bits per heavy atom. The largest absolute Gasteiger partial charge is 0.299 e. The highest BCUT2D eigenvalue weighted by Crippen LogP contribution is 2.33. The molecule has 0 bridgehead atoms. The predicted octanol–water partition coefficient (Wildman–Crippen LogP) is 3.20. The summed E-state index contributed by atoms with van der Waals surface area (Å²) in [7, 11) is 0. The second-order valence-corrected chi connectivity index (χ2v) is 5.20. The minimum atomic E-state index is -0.296. The standard InChI is InChI=1S/C15H19NO3/c17-15-10-6-2-5-9-13(15)14(11-16(18)19)12-7-3-1-4-8-12/h1,3-4,7-8,13-14H,2,5-6,9-11H2/t13-,14-/m0/s1. The molecule has 0 N–H and O–H groups in total. The van der Waals surface area contributed by atoms with Crippen molar-refractivity contribution in [2.24, 2.45) is 5.92 Å². The molecule has 0 spiro atoms. The van der Waals surface area contributed by atoms with Crippen LogP contribution in [0.2, 0.25) is 0 Å². The molecule has 2 rings (SSSR count). The van der Waals surface area contributed by atoms with Gasteiger partial charge in [-0.25, -0.2) is 0 Å². The van der Waals surface area contributed by atoms with E-state index in [1.165, 1.54) is 0 Å². The van der Waals surface area contributed by atoms with Crippen LogP contribution in [0.15, 0.2) is 30.3 Å². The van der Waals surface area contributed by atoms with E-state index in [2.05, 4.69) is 0 Å². The predicted molar refractivity (Wildman–Crippen MR) is 72.6 cm³/mol. The molecule has 0 amide bonds. The number of rotatable bonds is 4. The number of Topliss-reactive ketones (excluding diaryl/α,β-unsaturated/α-hetero) is 1. The molecule has 1 fully saturated rings. The Bertz CT molecular complexity index is 444. The van der Waals surface area contributed by atoms with Crippen molar-refractivity contribution in [2.75, 3.05) is 6.54 Å². The summed E-state index contributed by atoms with van der Waals surface area (Å²) in [6.07, 6.45) is 4.34. The van der Waals surface area contributed by atoms with Crippen molar-refractivity contribution in [3.05, 3.63) is 46.0 Å². The van der Waals surface area contributed by atoms with Gasteiger partial charge in [0.15, 0.2) is 0 Å². The van der Waals surface area contributed by atoms with Crippen LogP contribution in [-0.4, -0.2) is 17.3 Å². The Hall–Kier alpha value is -1.71. The van der Waals surface area contributed by atoms with E-state index in [1.54, 1.807) is 0 Å². The van der Waals surface area contributed by atoms with Gasteiger partial charge in [-0.2, -0.15) is 0 Å². The molecular weight excluding hydrogens is 242 g/mol. The summed E-state index contributed by atoms with van der Waals surface area (Å²) in [5.41, 5.74) is 0.916. The molecule has 0 saturated heterocycles. The number of ketones is 1. The zero-order valence-corrected chi connectivity index (χ0v) is 11.0. The molecule has 19 heavy (non-hydrogen) atoms. The van der Waals surface area contributed by atoms with Crippen molar-refractivity contribution < 1.29 is 9.72 Å². The zero-order valence-electron chi connectivity index (χ0n) is 11.0. The quantitative estimate of drug-likeness (QED) is 0.475. The SMILES string of the molecule is O=C1CCCCC[C@H]1[C@@H](C[N+](=O)[O-])c1ccccc1. The average molecular weight is 261 g/mol. The van der Waals surface area contributed by atoms with Crippen molar-refractivity contribution in [2.45, 2.75) is 38.0 Å². The minimum Gasteiger partial charge on any atom is -0.299 e. The second kappa shape index (κ2) is 6.45. The third-order valence-corrected chi connectivity index (χ3v) is 3.91. The first kappa shape index (κ1) is 13.7. The fraction of sp³-hybridized carbons (Fsp3) is 0.533. The molecule has 1 aromatic carbocycles. The lowest BCUT2D eigenvalue weighted by Gasteiger charge is -2.22. The Balaban J connectivity index is 2.25. The number of carbonyl (C=O) groups is 1. The fourth-order valence-electron chi connectivity index (χ4n) is 2.94. The lowest BCUT2D eigenvalue weighted by atomic mass is 9.80. The van der Waals surface area contributed by atoms with Crippen LogP contribution in [0.4, 0.5) is 0 Å². The number of nitrogens with zero attached hydrogens (tertiary/aromatic N) is 1. The Morgan fingerprint density at radius 1 is 1.21 bits per heavy atom. The summed E-state index contributed by atoms with van der Waals surface area (Å²) < 4.78 is 0. The summed E-state index contributed by atoms with van der Waals surface area (Å²) in [5, 5.41) is 10.9. The van der Waals surface area contributed by atoms with Gasteiger partial charge < -0.3 is 0 Å². The van der Waals surface area contributed by atoms with E-state index >= 15 is 0 Å². The summed E-state index contributed by atoms with van der Waals surface area (Å²) in [6.45, 7) is -0.152. The van der Waals surface area contributed by atoms with Crippen LogP contribution in [0, 0.1) is 16.0 Å². The molecule has 4 nitrogen and oxygen atoms in total. The van der Waals surface area contributed by atoms with E-state index in [-0.39, 0.29) is 29.1 Å². The Labute approximate surface area is 113 Å². The van der Waals surface area contributed by atoms with Crippen LogP contribution in [0.5, 0.6) is 0 Å². The van der Waals surface area contributed by atoms with E-state index in [0.29, 0.717) is 6.42 Å². The third-order valence-electron chi connectivity index (χ3n) is 3.91. The van der Waals surface area contributed by atoms with Crippen LogP contribution in [-0.2, 0) is 4.79 Å². The minimum absolute atomic E-state index is 0.152. The molecule has 1 aromatic rings. The van der Waals surface area contributed by atoms with Crippen LogP contribution >= 0.6 is 0 Å². The van der Waals surface area contributed by atoms with Gasteiger partial charge in [-0.1, -0.05) is 43.2 Å². The molecule has 0 aromatic heterocycles. The third kappa shape index (κ3) is 3.63. The molecule has 2 atom stereocenters. The maximum absolute atomic E-state index is 12.2. The van der Waals surface area contributed by atoms with E-state index in [1.807, 2.05) is 30.3 Å². The highest BCUT2D eigenvalue weighted by molar-refractivity contribution is 5.82. The van der Waals surface area contributed by atoms with E-state index in [4.69, 9.17) is 0 Å². The fourth-order valence-corrected chi connectivity index (χ4v) is 2.94. The summed E-state index contributed by atoms with van der Waals surface area (Å²) in [6, 6.07) is 9.44. The highest BCUT2D eigenvalue weighted by atomic mass is 16.6. The van der Waals surface area contributed by atoms with Crippen LogP contribution in [0.1, 0.15) is 43.6 Å². The topological polar surface area (TPSA) is 60.2 Å². The van der Waals surface area contributed by atoms with Gasteiger partial charge >= 0.3 is 0 Å². The van der Waals surface area contributed by atoms with Gasteiger partial charge in [0.2, 0.25) is 6.54 Å². The second-order valence-electron chi connectivity index (χ2n) is 5.20. The summed E-state index contributed by atoms with van der Waals surface area (Å²) in [5.74, 6) is -0.259. The smallest absolute Gasteiger partial charge is 0.211 e. The molecule has 1 aliphatic carbocycles. The number of nitro groups is 1. The summed E-state index contributed by atoms with van der Waals surface area (Å²) in [4.78, 5) is 22.8. The monoisotopic (exact) mass is 261 g/mol. The molecule has 102 valence electrons. The van der Waals surface area contributed by atoms with Crippen molar-refractivity contribution in [1.29, 1.82) is 0 Å². The van der Waals surface area contributed by atoms with E-state index in [9.17, 15) is 14.9 Å². The van der Waals surface area contributed by atoms with Gasteiger partial charge in [0.1, 0.15) is 5.78 Å². The Kier molecular flexibility index (Phi) is 4.66. The molecule has 1 aliphatic rings.